The molecule has 9 amide bonds. The molecule has 0 radical (unpaired) electrons. The van der Waals surface area contributed by atoms with E-state index in [9.17, 15) is 58.2 Å². The van der Waals surface area contributed by atoms with Crippen molar-refractivity contribution in [1.82, 2.24) is 52.5 Å². The highest BCUT2D eigenvalue weighted by atomic mass is 32.1. The number of benzene rings is 1. The lowest BCUT2D eigenvalue weighted by atomic mass is 10.0. The number of amides is 9. The predicted molar refractivity (Wildman–Crippen MR) is 257 cm³/mol. The summed E-state index contributed by atoms with van der Waals surface area (Å²) < 4.78 is 0. The van der Waals surface area contributed by atoms with Crippen LogP contribution in [0.2, 0.25) is 0 Å². The van der Waals surface area contributed by atoms with Crippen LogP contribution in [0.1, 0.15) is 69.5 Å². The third kappa shape index (κ3) is 22.6. The Bertz CT molecular complexity index is 2150. The number of nitrogens with two attached hydrogens (primary N) is 5. The Kier molecular flexibility index (Phi) is 25.9. The van der Waals surface area contributed by atoms with E-state index in [0.717, 1.165) is 0 Å². The number of imidazole rings is 1. The largest absolute Gasteiger partial charge is 0.508 e. The van der Waals surface area contributed by atoms with E-state index in [1.54, 1.807) is 0 Å². The highest BCUT2D eigenvalue weighted by Crippen LogP contribution is 2.13. The van der Waals surface area contributed by atoms with Gasteiger partial charge >= 0.3 is 5.97 Å². The fourth-order valence-electron chi connectivity index (χ4n) is 6.53. The zero-order valence-corrected chi connectivity index (χ0v) is 39.9. The number of hydrogen-bond acceptors (Lipinski definition) is 16. The molecule has 2 rings (SSSR count). The van der Waals surface area contributed by atoms with Crippen LogP contribution in [0.5, 0.6) is 5.75 Å². The van der Waals surface area contributed by atoms with E-state index in [2.05, 4.69) is 65.1 Å². The molecule has 0 aliphatic rings. The second-order valence-electron chi connectivity index (χ2n) is 16.3. The van der Waals surface area contributed by atoms with Crippen LogP contribution in [-0.2, 0) is 60.8 Å². The molecule has 392 valence electrons. The zero-order chi connectivity index (χ0) is 53.2. The van der Waals surface area contributed by atoms with Gasteiger partial charge in [0, 0.05) is 37.8 Å². The van der Waals surface area contributed by atoms with Crippen molar-refractivity contribution in [2.45, 2.75) is 119 Å². The summed E-state index contributed by atoms with van der Waals surface area (Å²) in [6.07, 6.45) is 1.77. The summed E-state index contributed by atoms with van der Waals surface area (Å²) in [7, 11) is 0. The molecular formula is C42H66N16O12S. The first-order valence-electron chi connectivity index (χ1n) is 22.4. The summed E-state index contributed by atoms with van der Waals surface area (Å²) in [6.45, 7) is 1.84. The number of aromatic nitrogens is 2. The number of nitrogens with zero attached hydrogens (tertiary/aromatic N) is 1. The fourth-order valence-corrected chi connectivity index (χ4v) is 6.79. The molecule has 1 aromatic carbocycles. The van der Waals surface area contributed by atoms with Crippen molar-refractivity contribution < 1.29 is 58.2 Å². The lowest BCUT2D eigenvalue weighted by molar-refractivity contribution is -0.142. The van der Waals surface area contributed by atoms with Crippen molar-refractivity contribution in [3.8, 4) is 5.75 Å². The normalized spacial score (nSPS) is 14.3. The smallest absolute Gasteiger partial charge is 0.326 e. The van der Waals surface area contributed by atoms with E-state index in [0.29, 0.717) is 31.4 Å². The first-order valence-corrected chi connectivity index (χ1v) is 23.0. The van der Waals surface area contributed by atoms with Gasteiger partial charge in [-0.05, 0) is 69.7 Å². The summed E-state index contributed by atoms with van der Waals surface area (Å²) in [5.74, 6) is -10.7. The van der Waals surface area contributed by atoms with Crippen LogP contribution in [0.25, 0.3) is 0 Å². The maximum absolute atomic E-state index is 14.2. The Labute approximate surface area is 413 Å². The predicted octanol–water partition coefficient (Wildman–Crippen LogP) is -5.81. The number of H-pyrrole nitrogens is 1. The van der Waals surface area contributed by atoms with E-state index in [1.807, 2.05) is 0 Å². The van der Waals surface area contributed by atoms with E-state index in [4.69, 9.17) is 34.1 Å². The van der Waals surface area contributed by atoms with Crippen LogP contribution in [0, 0.1) is 5.41 Å². The Morgan fingerprint density at radius 3 is 1.77 bits per heavy atom. The minimum absolute atomic E-state index is 0.0475. The van der Waals surface area contributed by atoms with Crippen LogP contribution in [0.3, 0.4) is 0 Å². The minimum Gasteiger partial charge on any atom is -0.508 e. The molecule has 1 heterocycles. The van der Waals surface area contributed by atoms with Gasteiger partial charge in [0.25, 0.3) is 0 Å². The molecule has 0 aliphatic carbocycles. The number of thiol groups is 1. The molecule has 0 saturated carbocycles. The second kappa shape index (κ2) is 30.9. The number of carbonyl (C=O) groups is 10. The number of aromatic hydroxyl groups is 1. The molecule has 29 heteroatoms. The molecule has 22 N–H and O–H groups in total. The van der Waals surface area contributed by atoms with Gasteiger partial charge in [0.15, 0.2) is 5.96 Å². The van der Waals surface area contributed by atoms with Crippen molar-refractivity contribution in [1.29, 1.82) is 5.41 Å². The monoisotopic (exact) mass is 1020 g/mol. The van der Waals surface area contributed by atoms with Crippen LogP contribution in [-0.4, -0.2) is 152 Å². The van der Waals surface area contributed by atoms with Crippen molar-refractivity contribution in [3.05, 3.63) is 48.0 Å². The van der Waals surface area contributed by atoms with Gasteiger partial charge in [-0.25, -0.2) is 9.78 Å². The van der Waals surface area contributed by atoms with Crippen LogP contribution in [0.4, 0.5) is 0 Å². The van der Waals surface area contributed by atoms with E-state index >= 15 is 0 Å². The van der Waals surface area contributed by atoms with Gasteiger partial charge < -0.3 is 86.4 Å². The number of phenolic OH excluding ortho intramolecular Hbond substituents is 1. The van der Waals surface area contributed by atoms with Gasteiger partial charge in [-0.15, -0.1) is 0 Å². The first-order chi connectivity index (χ1) is 33.5. The maximum Gasteiger partial charge on any atom is 0.326 e. The number of unbranched alkanes of at least 4 members (excludes halogenated alkanes) is 1. The molecule has 2 aromatic rings. The number of carboxylic acids is 1. The van der Waals surface area contributed by atoms with E-state index in [-0.39, 0.29) is 55.4 Å². The summed E-state index contributed by atoms with van der Waals surface area (Å²) in [6, 6.07) is -6.10. The third-order valence-electron chi connectivity index (χ3n) is 10.4. The number of primary amides is 2. The van der Waals surface area contributed by atoms with Crippen LogP contribution in [0.15, 0.2) is 36.8 Å². The second-order valence-corrected chi connectivity index (χ2v) is 16.7. The Hall–Kier alpha value is -7.53. The molecule has 28 nitrogen and oxygen atoms in total. The van der Waals surface area contributed by atoms with Gasteiger partial charge in [0.2, 0.25) is 53.2 Å². The number of carboxylic acid groups (broad SMARTS) is 1. The third-order valence-corrected chi connectivity index (χ3v) is 10.8. The molecule has 0 unspecified atom stereocenters. The summed E-state index contributed by atoms with van der Waals surface area (Å²) in [5, 5.41) is 46.2. The van der Waals surface area contributed by atoms with Gasteiger partial charge in [-0.2, -0.15) is 12.6 Å². The van der Waals surface area contributed by atoms with Crippen LogP contribution < -0.4 is 71.2 Å². The van der Waals surface area contributed by atoms with Gasteiger partial charge in [0.05, 0.1) is 24.5 Å². The number of rotatable bonds is 33. The van der Waals surface area contributed by atoms with Crippen molar-refractivity contribution >= 4 is 77.7 Å². The highest BCUT2D eigenvalue weighted by Gasteiger charge is 2.35. The van der Waals surface area contributed by atoms with E-state index < -0.39 is 127 Å². The van der Waals surface area contributed by atoms with Crippen molar-refractivity contribution in [2.24, 2.45) is 28.7 Å². The summed E-state index contributed by atoms with van der Waals surface area (Å²) in [5.41, 5.74) is 28.1. The number of phenols is 1. The first kappa shape index (κ1) is 59.6. The van der Waals surface area contributed by atoms with Gasteiger partial charge in [0.1, 0.15) is 48.0 Å². The fraction of sp³-hybridized carbons (Fsp3) is 0.524. The van der Waals surface area contributed by atoms with Crippen molar-refractivity contribution in [3.63, 3.8) is 0 Å². The zero-order valence-electron chi connectivity index (χ0n) is 39.0. The summed E-state index contributed by atoms with van der Waals surface area (Å²) in [4.78, 5) is 138. The number of aliphatic carboxylic acids is 1. The topological polar surface area (TPSA) is 490 Å². The lowest BCUT2D eigenvalue weighted by Gasteiger charge is -2.27. The molecule has 0 spiro atoms. The van der Waals surface area contributed by atoms with Crippen molar-refractivity contribution in [2.75, 3.05) is 18.8 Å². The van der Waals surface area contributed by atoms with Gasteiger partial charge in [-0.1, -0.05) is 12.1 Å². The highest BCUT2D eigenvalue weighted by molar-refractivity contribution is 7.80. The molecular weight excluding hydrogens is 953 g/mol. The maximum atomic E-state index is 14.2. The average Bonchev–Trinajstić information content (AvgIpc) is 3.83. The number of hydrogen-bond donors (Lipinski definition) is 18. The lowest BCUT2D eigenvalue weighted by Crippen LogP contribution is -2.61. The summed E-state index contributed by atoms with van der Waals surface area (Å²) >= 11 is 4.17. The molecule has 0 saturated heterocycles. The number of carbonyl (C=O) groups excluding carboxylic acids is 9. The standard InChI is InChI=1S/C42H66N16O12S/c1-21(52-35(63)25(44)5-4-14-50-42(47)48)34(62)53-26(11-12-32(45)60)36(64)57-30(17-33(46)61)39(67)56-29(16-23-18-49-20-51-23)38(66)55-28(15-22-7-9-24(59)10-8-22)37(65)58-31(19-71)40(68)54-27(41(69)70)6-2-3-13-43/h7-10,18,20-21,25-31,59,71H,2-6,11-17,19,43-44H2,1H3,(H2,45,60)(H2,46,61)(H,49,51)(H,52,63)(H,53,62)(H,54,68)(H,55,66)(H,56,67)(H,57,64)(H,58,65)(H,69,70)(H4,47,48,50)/t21-,25-,26-,27-,28-,29-,30-,31-/m0/s1. The molecule has 0 fully saturated rings. The molecule has 71 heavy (non-hydrogen) atoms. The Morgan fingerprint density at radius 2 is 1.23 bits per heavy atom. The number of nitrogens with one attached hydrogen (secondary N) is 10. The van der Waals surface area contributed by atoms with E-state index in [1.165, 1.54) is 43.7 Å². The minimum atomic E-state index is -1.83. The quantitative estimate of drug-likeness (QED) is 0.0137. The molecule has 0 aliphatic heterocycles. The van der Waals surface area contributed by atoms with Crippen LogP contribution >= 0.6 is 12.6 Å². The Morgan fingerprint density at radius 1 is 0.676 bits per heavy atom. The average molecular weight is 1020 g/mol. The number of guanidine groups is 1. The Balaban J connectivity index is 2.39. The van der Waals surface area contributed by atoms with Gasteiger partial charge in [-0.3, -0.25) is 48.6 Å². The molecule has 1 aromatic heterocycles. The molecule has 0 bridgehead atoms. The number of aromatic amines is 1. The molecule has 8 atom stereocenters. The SMILES string of the molecule is C[C@H](NC(=O)[C@@H](N)CCCNC(=N)N)C(=O)N[C@@H](CCC(N)=O)C(=O)N[C@@H](CC(N)=O)C(=O)N[C@@H](Cc1c[nH]cn1)C(=O)N[C@@H](Cc1ccc(O)cc1)C(=O)N[C@@H](CS)C(=O)N[C@@H](CCCCN)C(=O)O.